The van der Waals surface area contributed by atoms with Gasteiger partial charge in [0.2, 0.25) is 5.91 Å². The lowest BCUT2D eigenvalue weighted by Crippen LogP contribution is -2.41. The van der Waals surface area contributed by atoms with Crippen LogP contribution in [0.2, 0.25) is 0 Å². The summed E-state index contributed by atoms with van der Waals surface area (Å²) in [5.41, 5.74) is 0.0968. The van der Waals surface area contributed by atoms with E-state index in [4.69, 9.17) is 0 Å². The van der Waals surface area contributed by atoms with Crippen LogP contribution in [0.4, 0.5) is 5.82 Å². The molecule has 0 radical (unpaired) electrons. The van der Waals surface area contributed by atoms with Crippen molar-refractivity contribution in [1.29, 1.82) is 0 Å². The monoisotopic (exact) mass is 315 g/mol. The number of anilines is 1. The Bertz CT molecular complexity index is 757. The Morgan fingerprint density at radius 3 is 3.04 bits per heavy atom. The van der Waals surface area contributed by atoms with E-state index < -0.39 is 0 Å². The highest BCUT2D eigenvalue weighted by Gasteiger charge is 2.23. The molecule has 2 atom stereocenters. The maximum atomic E-state index is 11.8. The Kier molecular flexibility index (Phi) is 4.55. The molecular weight excluding hydrogens is 294 g/mol. The second kappa shape index (κ2) is 6.76. The minimum atomic E-state index is -0.289. The smallest absolute Gasteiger partial charge is 0.290 e. The minimum Gasteiger partial charge on any atom is -0.365 e. The van der Waals surface area contributed by atoms with Crippen LogP contribution in [0.25, 0.3) is 10.9 Å². The zero-order chi connectivity index (χ0) is 16.2. The van der Waals surface area contributed by atoms with Gasteiger partial charge in [-0.3, -0.25) is 14.6 Å². The second-order valence-corrected chi connectivity index (χ2v) is 5.93. The van der Waals surface area contributed by atoms with Crippen molar-refractivity contribution < 1.29 is 4.79 Å². The summed E-state index contributed by atoms with van der Waals surface area (Å²) < 4.78 is 0. The van der Waals surface area contributed by atoms with Crippen LogP contribution in [-0.2, 0) is 4.79 Å². The van der Waals surface area contributed by atoms with Crippen molar-refractivity contribution in [3.05, 3.63) is 28.7 Å². The van der Waals surface area contributed by atoms with E-state index in [-0.39, 0.29) is 23.6 Å². The number of hydrogen-bond acceptors (Lipinski definition) is 5. The number of nitrogens with one attached hydrogen (secondary N) is 3. The summed E-state index contributed by atoms with van der Waals surface area (Å²) in [5, 5.41) is 13.8. The molecule has 2 aromatic rings. The molecule has 1 aliphatic rings. The predicted molar refractivity (Wildman–Crippen MR) is 88.3 cm³/mol. The van der Waals surface area contributed by atoms with Crippen LogP contribution in [-0.4, -0.2) is 33.2 Å². The van der Waals surface area contributed by atoms with Gasteiger partial charge in [-0.1, -0.05) is 6.92 Å². The van der Waals surface area contributed by atoms with Gasteiger partial charge in [0.25, 0.3) is 5.56 Å². The highest BCUT2D eigenvalue weighted by atomic mass is 16.1. The first-order valence-electron chi connectivity index (χ1n) is 8.06. The number of amides is 1. The van der Waals surface area contributed by atoms with Crippen molar-refractivity contribution >= 4 is 22.6 Å². The van der Waals surface area contributed by atoms with Gasteiger partial charge in [-0.05, 0) is 37.8 Å². The lowest BCUT2D eigenvalue weighted by Gasteiger charge is -2.30. The summed E-state index contributed by atoms with van der Waals surface area (Å²) >= 11 is 0. The van der Waals surface area contributed by atoms with E-state index in [9.17, 15) is 9.59 Å². The fourth-order valence-corrected chi connectivity index (χ4v) is 3.08. The van der Waals surface area contributed by atoms with Gasteiger partial charge in [-0.15, -0.1) is 0 Å². The first-order valence-corrected chi connectivity index (χ1v) is 8.06. The molecule has 7 nitrogen and oxygen atoms in total. The molecule has 3 rings (SSSR count). The lowest BCUT2D eigenvalue weighted by atomic mass is 9.90. The Morgan fingerprint density at radius 2 is 2.22 bits per heavy atom. The number of rotatable bonds is 4. The van der Waals surface area contributed by atoms with Gasteiger partial charge < -0.3 is 10.6 Å². The predicted octanol–water partition coefficient (Wildman–Crippen LogP) is 1.57. The van der Waals surface area contributed by atoms with Crippen LogP contribution >= 0.6 is 0 Å². The topological polar surface area (TPSA) is 99.8 Å². The van der Waals surface area contributed by atoms with Crippen molar-refractivity contribution in [3.8, 4) is 0 Å². The summed E-state index contributed by atoms with van der Waals surface area (Å²) in [7, 11) is 0. The van der Waals surface area contributed by atoms with Gasteiger partial charge in [0.05, 0.1) is 5.39 Å². The van der Waals surface area contributed by atoms with E-state index in [1.54, 1.807) is 12.3 Å². The Labute approximate surface area is 133 Å². The molecule has 7 heteroatoms. The summed E-state index contributed by atoms with van der Waals surface area (Å²) in [6.07, 6.45) is 6.02. The van der Waals surface area contributed by atoms with Gasteiger partial charge >= 0.3 is 0 Å². The molecular formula is C16H21N5O2. The highest BCUT2D eigenvalue weighted by molar-refractivity contribution is 5.87. The average molecular weight is 315 g/mol. The van der Waals surface area contributed by atoms with E-state index >= 15 is 0 Å². The number of hydrogen-bond donors (Lipinski definition) is 3. The third kappa shape index (κ3) is 3.49. The fourth-order valence-electron chi connectivity index (χ4n) is 3.08. The van der Waals surface area contributed by atoms with Crippen molar-refractivity contribution in [1.82, 2.24) is 20.5 Å². The Hall–Kier alpha value is -2.44. The minimum absolute atomic E-state index is 0.0902. The zero-order valence-electron chi connectivity index (χ0n) is 13.1. The molecule has 2 aromatic heterocycles. The van der Waals surface area contributed by atoms with Gasteiger partial charge in [0.1, 0.15) is 5.52 Å². The molecule has 1 saturated carbocycles. The van der Waals surface area contributed by atoms with E-state index in [1.807, 2.05) is 13.0 Å². The van der Waals surface area contributed by atoms with Crippen LogP contribution in [0.15, 0.2) is 23.1 Å². The lowest BCUT2D eigenvalue weighted by molar-refractivity contribution is -0.121. The number of aromatic amines is 1. The van der Waals surface area contributed by atoms with E-state index in [0.29, 0.717) is 17.8 Å². The number of carbonyl (C=O) groups is 1. The normalized spacial score (nSPS) is 21.1. The molecule has 1 amide bonds. The maximum absolute atomic E-state index is 11.8. The number of carbonyl (C=O) groups excluding carboxylic acids is 1. The second-order valence-electron chi connectivity index (χ2n) is 5.93. The largest absolute Gasteiger partial charge is 0.365 e. The SMILES string of the molecule is CCC(=O)NC1CCCC(Nc2n[nH]c(=O)c3ncccc23)C1. The van der Waals surface area contributed by atoms with Gasteiger partial charge in [-0.2, -0.15) is 5.10 Å². The van der Waals surface area contributed by atoms with Crippen LogP contribution in [0.1, 0.15) is 39.0 Å². The summed E-state index contributed by atoms with van der Waals surface area (Å²) in [4.78, 5) is 27.5. The summed E-state index contributed by atoms with van der Waals surface area (Å²) in [6.45, 7) is 1.86. The first-order chi connectivity index (χ1) is 11.2. The van der Waals surface area contributed by atoms with Crippen molar-refractivity contribution in [2.45, 2.75) is 51.1 Å². The van der Waals surface area contributed by atoms with Crippen molar-refractivity contribution in [2.75, 3.05) is 5.32 Å². The molecule has 0 bridgehead atoms. The van der Waals surface area contributed by atoms with E-state index in [0.717, 1.165) is 31.1 Å². The zero-order valence-corrected chi connectivity index (χ0v) is 13.1. The maximum Gasteiger partial charge on any atom is 0.290 e. The summed E-state index contributed by atoms with van der Waals surface area (Å²) in [5.74, 6) is 0.729. The fraction of sp³-hybridized carbons (Fsp3) is 0.500. The average Bonchev–Trinajstić information content (AvgIpc) is 2.58. The molecule has 0 aromatic carbocycles. The molecule has 2 heterocycles. The molecule has 1 aliphatic carbocycles. The van der Waals surface area contributed by atoms with Crippen molar-refractivity contribution in [3.63, 3.8) is 0 Å². The van der Waals surface area contributed by atoms with Crippen LogP contribution in [0, 0.1) is 0 Å². The molecule has 3 N–H and O–H groups in total. The molecule has 0 spiro atoms. The van der Waals surface area contributed by atoms with Crippen molar-refractivity contribution in [2.24, 2.45) is 0 Å². The van der Waals surface area contributed by atoms with Crippen LogP contribution in [0.5, 0.6) is 0 Å². The highest BCUT2D eigenvalue weighted by Crippen LogP contribution is 2.24. The Morgan fingerprint density at radius 1 is 1.39 bits per heavy atom. The molecule has 0 saturated heterocycles. The third-order valence-corrected chi connectivity index (χ3v) is 4.25. The molecule has 122 valence electrons. The first kappa shape index (κ1) is 15.5. The van der Waals surface area contributed by atoms with Gasteiger partial charge in [0.15, 0.2) is 5.82 Å². The van der Waals surface area contributed by atoms with Gasteiger partial charge in [0, 0.05) is 24.7 Å². The van der Waals surface area contributed by atoms with Gasteiger partial charge in [-0.25, -0.2) is 5.10 Å². The molecule has 0 aliphatic heterocycles. The van der Waals surface area contributed by atoms with E-state index in [1.165, 1.54) is 0 Å². The van der Waals surface area contributed by atoms with Crippen LogP contribution in [0.3, 0.4) is 0 Å². The van der Waals surface area contributed by atoms with Crippen LogP contribution < -0.4 is 16.2 Å². The Balaban J connectivity index is 1.76. The number of nitrogens with zero attached hydrogens (tertiary/aromatic N) is 2. The van der Waals surface area contributed by atoms with E-state index in [2.05, 4.69) is 25.8 Å². The third-order valence-electron chi connectivity index (χ3n) is 4.25. The molecule has 23 heavy (non-hydrogen) atoms. The summed E-state index contributed by atoms with van der Waals surface area (Å²) in [6, 6.07) is 4.04. The molecule has 2 unspecified atom stereocenters. The quantitative estimate of drug-likeness (QED) is 0.795. The molecule has 1 fully saturated rings. The number of aromatic nitrogens is 3. The number of H-pyrrole nitrogens is 1. The number of pyridine rings is 1. The standard InChI is InChI=1S/C16H21N5O2/c1-2-13(22)18-10-5-3-6-11(9-10)19-15-12-7-4-8-17-14(12)16(23)21-20-15/h4,7-8,10-11H,2-3,5-6,9H2,1H3,(H,18,22)(H,19,20)(H,21,23). The number of fused-ring (bicyclic) bond motifs is 1.